The first-order chi connectivity index (χ1) is 27.2. The molecule has 10 rings (SSSR count). The minimum atomic E-state index is 0.499. The van der Waals surface area contributed by atoms with Gasteiger partial charge in [0.1, 0.15) is 0 Å². The summed E-state index contributed by atoms with van der Waals surface area (Å²) in [6.07, 6.45) is 8.20. The number of fused-ring (bicyclic) bond motifs is 5. The van der Waals surface area contributed by atoms with Gasteiger partial charge in [-0.25, -0.2) is 0 Å². The van der Waals surface area contributed by atoms with Gasteiger partial charge in [-0.15, -0.1) is 0 Å². The number of rotatable bonds is 7. The standard InChI is InChI=1S/C53H38N2/c54-32-13-3-8-19-40-38-28-26-37(33-36(38)27-29-41(40)42-20-11-12-25-48(42)55)39-30-31-47-51-43(39)23-14-24-46(51)52-49(34-15-4-1-5-16-34)44-21-9-10-22-45(44)50(53(47)52)35-17-6-2-7-18-35/h1-31,33H,32,54-55H2/b13-3-,19-8?. The van der Waals surface area contributed by atoms with Crippen LogP contribution in [0, 0.1) is 0 Å². The summed E-state index contributed by atoms with van der Waals surface area (Å²) in [7, 11) is 0. The fourth-order valence-corrected chi connectivity index (χ4v) is 8.85. The Kier molecular flexibility index (Phi) is 7.98. The first kappa shape index (κ1) is 32.6. The molecule has 0 unspecified atom stereocenters. The van der Waals surface area contributed by atoms with E-state index in [1.165, 1.54) is 88.0 Å². The first-order valence-electron chi connectivity index (χ1n) is 18.9. The van der Waals surface area contributed by atoms with Crippen molar-refractivity contribution in [2.45, 2.75) is 0 Å². The van der Waals surface area contributed by atoms with E-state index in [9.17, 15) is 0 Å². The lowest BCUT2D eigenvalue weighted by molar-refractivity contribution is 1.25. The van der Waals surface area contributed by atoms with Crippen LogP contribution in [0.4, 0.5) is 5.69 Å². The first-order valence-corrected chi connectivity index (χ1v) is 18.9. The SMILES string of the molecule is NC/C=C\C=Cc1c(-c2ccccc2N)ccc2cc(-c3ccc4c5c(cccc35)-c3c-4c(-c4ccccc4)c4ccccc4c3-c3ccccc3)ccc12. The van der Waals surface area contributed by atoms with E-state index in [0.29, 0.717) is 6.54 Å². The zero-order chi connectivity index (χ0) is 36.9. The second kappa shape index (κ2) is 13.4. The second-order valence-electron chi connectivity index (χ2n) is 14.2. The van der Waals surface area contributed by atoms with Gasteiger partial charge in [-0.05, 0) is 111 Å². The third kappa shape index (κ3) is 5.30. The molecule has 2 nitrogen and oxygen atoms in total. The average molecular weight is 703 g/mol. The largest absolute Gasteiger partial charge is 0.398 e. The van der Waals surface area contributed by atoms with Gasteiger partial charge in [0.2, 0.25) is 0 Å². The minimum Gasteiger partial charge on any atom is -0.398 e. The molecule has 1 aliphatic rings. The van der Waals surface area contributed by atoms with Crippen molar-refractivity contribution >= 4 is 44.1 Å². The Bertz CT molecular complexity index is 2920. The van der Waals surface area contributed by atoms with Crippen molar-refractivity contribution in [3.8, 4) is 66.8 Å². The lowest BCUT2D eigenvalue weighted by atomic mass is 9.82. The van der Waals surface area contributed by atoms with Crippen molar-refractivity contribution in [3.05, 3.63) is 194 Å². The van der Waals surface area contributed by atoms with E-state index in [-0.39, 0.29) is 0 Å². The van der Waals surface area contributed by atoms with Gasteiger partial charge in [-0.2, -0.15) is 0 Å². The monoisotopic (exact) mass is 702 g/mol. The van der Waals surface area contributed by atoms with E-state index >= 15 is 0 Å². The van der Waals surface area contributed by atoms with Gasteiger partial charge in [-0.3, -0.25) is 0 Å². The van der Waals surface area contributed by atoms with Crippen LogP contribution in [0.2, 0.25) is 0 Å². The van der Waals surface area contributed by atoms with Gasteiger partial charge in [0.25, 0.3) is 0 Å². The summed E-state index contributed by atoms with van der Waals surface area (Å²) in [6, 6.07) is 61.7. The number of nitrogens with two attached hydrogens (primary N) is 2. The van der Waals surface area contributed by atoms with Gasteiger partial charge >= 0.3 is 0 Å². The van der Waals surface area contributed by atoms with Crippen molar-refractivity contribution in [1.29, 1.82) is 0 Å². The molecule has 0 fully saturated rings. The van der Waals surface area contributed by atoms with E-state index < -0.39 is 0 Å². The predicted molar refractivity (Wildman–Crippen MR) is 237 cm³/mol. The average Bonchev–Trinajstić information content (AvgIpc) is 3.57. The summed E-state index contributed by atoms with van der Waals surface area (Å²) >= 11 is 0. The maximum absolute atomic E-state index is 6.51. The zero-order valence-electron chi connectivity index (χ0n) is 30.3. The molecule has 0 aromatic heterocycles. The Labute approximate surface area is 321 Å². The Morgan fingerprint density at radius 3 is 1.67 bits per heavy atom. The van der Waals surface area contributed by atoms with Gasteiger partial charge in [-0.1, -0.05) is 182 Å². The number of hydrogen-bond donors (Lipinski definition) is 2. The molecular formula is C53H38N2. The van der Waals surface area contributed by atoms with E-state index in [2.05, 4.69) is 164 Å². The molecule has 0 saturated carbocycles. The van der Waals surface area contributed by atoms with Crippen LogP contribution in [0.5, 0.6) is 0 Å². The Hall–Kier alpha value is -7.00. The molecule has 0 heterocycles. The van der Waals surface area contributed by atoms with Gasteiger partial charge in [0.15, 0.2) is 0 Å². The Morgan fingerprint density at radius 2 is 0.982 bits per heavy atom. The Morgan fingerprint density at radius 1 is 0.400 bits per heavy atom. The minimum absolute atomic E-state index is 0.499. The Balaban J connectivity index is 1.22. The van der Waals surface area contributed by atoms with Crippen LogP contribution in [0.25, 0.3) is 105 Å². The molecule has 0 radical (unpaired) electrons. The molecule has 0 aliphatic heterocycles. The molecule has 4 N–H and O–H groups in total. The van der Waals surface area contributed by atoms with E-state index in [1.807, 2.05) is 30.4 Å². The normalized spacial score (nSPS) is 12.1. The number of allylic oxidation sites excluding steroid dienone is 2. The number of benzene rings is 9. The molecule has 0 atom stereocenters. The predicted octanol–water partition coefficient (Wildman–Crippen LogP) is 13.6. The van der Waals surface area contributed by atoms with Gasteiger partial charge in [0.05, 0.1) is 0 Å². The van der Waals surface area contributed by atoms with Crippen LogP contribution in [-0.2, 0) is 0 Å². The molecular weight excluding hydrogens is 665 g/mol. The molecule has 9 aromatic rings. The molecule has 0 spiro atoms. The third-order valence-electron chi connectivity index (χ3n) is 11.2. The number of hydrogen-bond acceptors (Lipinski definition) is 2. The summed E-state index contributed by atoms with van der Waals surface area (Å²) in [5.74, 6) is 0. The highest BCUT2D eigenvalue weighted by Crippen LogP contribution is 2.58. The number of para-hydroxylation sites is 1. The summed E-state index contributed by atoms with van der Waals surface area (Å²) in [6.45, 7) is 0.499. The maximum Gasteiger partial charge on any atom is 0.0393 e. The van der Waals surface area contributed by atoms with E-state index in [0.717, 1.165) is 22.4 Å². The van der Waals surface area contributed by atoms with Gasteiger partial charge in [0, 0.05) is 17.8 Å². The summed E-state index contributed by atoms with van der Waals surface area (Å²) in [4.78, 5) is 0. The highest BCUT2D eigenvalue weighted by atomic mass is 14.6. The van der Waals surface area contributed by atoms with E-state index in [1.54, 1.807) is 0 Å². The topological polar surface area (TPSA) is 52.0 Å². The van der Waals surface area contributed by atoms with Crippen molar-refractivity contribution in [3.63, 3.8) is 0 Å². The van der Waals surface area contributed by atoms with Crippen LogP contribution in [0.15, 0.2) is 188 Å². The van der Waals surface area contributed by atoms with Crippen molar-refractivity contribution < 1.29 is 0 Å². The number of nitrogen functional groups attached to an aromatic ring is 1. The fourth-order valence-electron chi connectivity index (χ4n) is 8.85. The number of anilines is 1. The summed E-state index contributed by atoms with van der Waals surface area (Å²) in [5, 5.41) is 7.45. The van der Waals surface area contributed by atoms with Crippen molar-refractivity contribution in [1.82, 2.24) is 0 Å². The van der Waals surface area contributed by atoms with Crippen molar-refractivity contribution in [2.24, 2.45) is 5.73 Å². The molecule has 260 valence electrons. The smallest absolute Gasteiger partial charge is 0.0393 e. The summed E-state index contributed by atoms with van der Waals surface area (Å²) < 4.78 is 0. The lowest BCUT2D eigenvalue weighted by Gasteiger charge is -2.20. The highest BCUT2D eigenvalue weighted by Gasteiger charge is 2.31. The highest BCUT2D eigenvalue weighted by molar-refractivity contribution is 6.28. The van der Waals surface area contributed by atoms with Crippen molar-refractivity contribution in [2.75, 3.05) is 12.3 Å². The van der Waals surface area contributed by atoms with Crippen LogP contribution in [-0.4, -0.2) is 6.54 Å². The zero-order valence-corrected chi connectivity index (χ0v) is 30.3. The van der Waals surface area contributed by atoms with E-state index in [4.69, 9.17) is 11.5 Å². The molecule has 0 amide bonds. The molecule has 0 bridgehead atoms. The lowest BCUT2D eigenvalue weighted by Crippen LogP contribution is -1.93. The summed E-state index contributed by atoms with van der Waals surface area (Å²) in [5.41, 5.74) is 29.0. The molecule has 9 aromatic carbocycles. The van der Waals surface area contributed by atoms with Crippen LogP contribution in [0.3, 0.4) is 0 Å². The molecule has 1 aliphatic carbocycles. The quantitative estimate of drug-likeness (QED) is 0.128. The second-order valence-corrected chi connectivity index (χ2v) is 14.2. The molecule has 0 saturated heterocycles. The van der Waals surface area contributed by atoms with Crippen LogP contribution >= 0.6 is 0 Å². The fraction of sp³-hybridized carbons (Fsp3) is 0.0189. The maximum atomic E-state index is 6.51. The third-order valence-corrected chi connectivity index (χ3v) is 11.2. The molecule has 2 heteroatoms. The molecule has 55 heavy (non-hydrogen) atoms. The van der Waals surface area contributed by atoms with Gasteiger partial charge < -0.3 is 11.5 Å². The van der Waals surface area contributed by atoms with Crippen LogP contribution in [0.1, 0.15) is 5.56 Å². The van der Waals surface area contributed by atoms with Crippen LogP contribution < -0.4 is 11.5 Å².